The fourth-order valence-electron chi connectivity index (χ4n) is 2.76. The Morgan fingerprint density at radius 2 is 1.94 bits per heavy atom. The van der Waals surface area contributed by atoms with Crippen LogP contribution in [0.4, 0.5) is 29.2 Å². The highest BCUT2D eigenvalue weighted by atomic mass is 32.2. The van der Waals surface area contributed by atoms with Crippen LogP contribution < -0.4 is 10.1 Å². The second-order valence-electron chi connectivity index (χ2n) is 6.23. The monoisotopic (exact) mass is 449 g/mol. The zero-order chi connectivity index (χ0) is 22.5. The summed E-state index contributed by atoms with van der Waals surface area (Å²) in [4.78, 5) is 7.89. The number of ether oxygens (including phenoxy) is 1. The molecule has 6 nitrogen and oxygen atoms in total. The molecule has 31 heavy (non-hydrogen) atoms. The highest BCUT2D eigenvalue weighted by Gasteiger charge is 2.17. The van der Waals surface area contributed by atoms with Crippen LogP contribution in [0.5, 0.6) is 5.75 Å². The average Bonchev–Trinajstić information content (AvgIpc) is 2.73. The molecule has 0 aliphatic rings. The minimum Gasteiger partial charge on any atom is -0.496 e. The summed E-state index contributed by atoms with van der Waals surface area (Å²) in [5.41, 5.74) is 0.146. The normalized spacial score (nSPS) is 11.8. The quantitative estimate of drug-likeness (QED) is 0.429. The Kier molecular flexibility index (Phi) is 6.81. The van der Waals surface area contributed by atoms with Gasteiger partial charge in [0.05, 0.1) is 13.3 Å². The first-order chi connectivity index (χ1) is 14.8. The van der Waals surface area contributed by atoms with Gasteiger partial charge in [0.1, 0.15) is 17.3 Å². The first kappa shape index (κ1) is 22.2. The minimum absolute atomic E-state index is 0.00914. The molecule has 1 N–H and O–H groups in total. The molecule has 0 saturated carbocycles. The lowest BCUT2D eigenvalue weighted by molar-refractivity contribution is 0.412. The number of hydrogen-bond donors (Lipinski definition) is 1. The Labute approximate surface area is 177 Å². The summed E-state index contributed by atoms with van der Waals surface area (Å²) in [7, 11) is 0.478. The van der Waals surface area contributed by atoms with E-state index in [1.54, 1.807) is 12.4 Å². The topological polar surface area (TPSA) is 83.2 Å². The Morgan fingerprint density at radius 1 is 1.16 bits per heavy atom. The van der Waals surface area contributed by atoms with Crippen LogP contribution in [0.1, 0.15) is 5.56 Å². The molecule has 0 aliphatic carbocycles. The van der Waals surface area contributed by atoms with Gasteiger partial charge in [0.25, 0.3) is 0 Å². The molecule has 0 bridgehead atoms. The van der Waals surface area contributed by atoms with Gasteiger partial charge in [-0.2, -0.15) is 9.62 Å². The van der Waals surface area contributed by atoms with Crippen molar-refractivity contribution in [1.29, 1.82) is 5.26 Å². The van der Waals surface area contributed by atoms with E-state index >= 15 is 0 Å². The summed E-state index contributed by atoms with van der Waals surface area (Å²) < 4.78 is 64.7. The van der Waals surface area contributed by atoms with Crippen molar-refractivity contribution in [2.75, 3.05) is 18.7 Å². The summed E-state index contributed by atoms with van der Waals surface area (Å²) in [5, 5.41) is 11.3. The number of halogens is 4. The summed E-state index contributed by atoms with van der Waals surface area (Å²) >= 11 is 0. The van der Waals surface area contributed by atoms with E-state index in [-0.39, 0.29) is 40.0 Å². The number of hydrogen-bond acceptors (Lipinski definition) is 6. The van der Waals surface area contributed by atoms with Crippen LogP contribution in [0.15, 0.2) is 40.9 Å². The number of benzene rings is 2. The summed E-state index contributed by atoms with van der Waals surface area (Å²) in [6.45, 7) is 0. The van der Waals surface area contributed by atoms with Gasteiger partial charge in [-0.25, -0.2) is 27.5 Å². The third-order valence-electron chi connectivity index (χ3n) is 4.08. The van der Waals surface area contributed by atoms with Crippen LogP contribution in [0.2, 0.25) is 0 Å². The number of nitrogens with zero attached hydrogens (tertiary/aromatic N) is 4. The number of rotatable bonds is 6. The highest BCUT2D eigenvalue weighted by Crippen LogP contribution is 2.32. The van der Waals surface area contributed by atoms with E-state index in [0.29, 0.717) is 0 Å². The van der Waals surface area contributed by atoms with E-state index in [2.05, 4.69) is 19.6 Å². The van der Waals surface area contributed by atoms with Crippen molar-refractivity contribution in [3.63, 3.8) is 0 Å². The van der Waals surface area contributed by atoms with E-state index in [9.17, 15) is 17.6 Å². The molecule has 0 amide bonds. The molecule has 3 rings (SSSR count). The fraction of sp³-hybridized carbons (Fsp3) is 0.150. The SMILES string of the molecule is COc1cc(F)ccc1-c1nc(Nc2cc(F)c(F)c(CS(C)=NC#N)c2)ncc1F. The molecule has 160 valence electrons. The van der Waals surface area contributed by atoms with Gasteiger partial charge in [0, 0.05) is 34.7 Å². The Morgan fingerprint density at radius 3 is 2.65 bits per heavy atom. The summed E-state index contributed by atoms with van der Waals surface area (Å²) in [6.07, 6.45) is 4.14. The molecule has 1 heterocycles. The number of nitriles is 1. The first-order valence-corrected chi connectivity index (χ1v) is 10.4. The van der Waals surface area contributed by atoms with Gasteiger partial charge in [0.2, 0.25) is 12.1 Å². The fourth-order valence-corrected chi connectivity index (χ4v) is 3.62. The molecule has 1 unspecified atom stereocenters. The maximum Gasteiger partial charge on any atom is 0.227 e. The zero-order valence-corrected chi connectivity index (χ0v) is 17.1. The lowest BCUT2D eigenvalue weighted by Crippen LogP contribution is -2.04. The molecule has 0 spiro atoms. The van der Waals surface area contributed by atoms with Gasteiger partial charge in [-0.15, -0.1) is 0 Å². The van der Waals surface area contributed by atoms with Gasteiger partial charge < -0.3 is 10.1 Å². The lowest BCUT2D eigenvalue weighted by atomic mass is 10.1. The molecular formula is C20H15F4N5OS. The van der Waals surface area contributed by atoms with E-state index in [0.717, 1.165) is 24.4 Å². The highest BCUT2D eigenvalue weighted by molar-refractivity contribution is 7.85. The van der Waals surface area contributed by atoms with Gasteiger partial charge in [-0.1, -0.05) is 10.7 Å². The number of methoxy groups -OCH3 is 1. The van der Waals surface area contributed by atoms with Crippen molar-refractivity contribution in [2.24, 2.45) is 4.36 Å². The lowest BCUT2D eigenvalue weighted by Gasteiger charge is -2.12. The molecule has 11 heteroatoms. The number of aromatic nitrogens is 2. The van der Waals surface area contributed by atoms with Crippen LogP contribution >= 0.6 is 0 Å². The van der Waals surface area contributed by atoms with Gasteiger partial charge in [-0.05, 0) is 24.5 Å². The van der Waals surface area contributed by atoms with E-state index in [1.807, 2.05) is 0 Å². The van der Waals surface area contributed by atoms with Crippen molar-refractivity contribution in [1.82, 2.24) is 9.97 Å². The minimum atomic E-state index is -1.11. The number of nitrogens with one attached hydrogen (secondary N) is 1. The molecule has 1 aromatic heterocycles. The molecule has 3 aromatic rings. The Balaban J connectivity index is 1.98. The Hall–Kier alpha value is -3.52. The van der Waals surface area contributed by atoms with Gasteiger partial charge in [-0.3, -0.25) is 0 Å². The largest absolute Gasteiger partial charge is 0.496 e. The van der Waals surface area contributed by atoms with Crippen molar-refractivity contribution in [3.05, 3.63) is 65.4 Å². The second-order valence-corrected chi connectivity index (χ2v) is 7.90. The van der Waals surface area contributed by atoms with Crippen LogP contribution in [-0.4, -0.2) is 23.3 Å². The molecule has 0 aliphatic heterocycles. The maximum atomic E-state index is 14.4. The standard InChI is InChI=1S/C20H15F4N5OS/c1-30-17-6-12(21)3-4-14(17)19-16(23)8-26-20(29-19)28-13-5-11(9-31(2)27-10-25)18(24)15(22)7-13/h3-8H,9H2,1-2H3,(H,26,28,29). The Bertz CT molecular complexity index is 1210. The molecule has 0 radical (unpaired) electrons. The van der Waals surface area contributed by atoms with Crippen molar-refractivity contribution in [3.8, 4) is 23.2 Å². The molecule has 1 atom stereocenters. The maximum absolute atomic E-state index is 14.4. The molecule has 2 aromatic carbocycles. The molecule has 0 saturated heterocycles. The van der Waals surface area contributed by atoms with Crippen LogP contribution in [-0.2, 0) is 16.4 Å². The van der Waals surface area contributed by atoms with E-state index in [1.165, 1.54) is 19.2 Å². The predicted molar refractivity (Wildman–Crippen MR) is 109 cm³/mol. The smallest absolute Gasteiger partial charge is 0.227 e. The third kappa shape index (κ3) is 5.16. The van der Waals surface area contributed by atoms with Crippen LogP contribution in [0.3, 0.4) is 0 Å². The van der Waals surface area contributed by atoms with Crippen molar-refractivity contribution >= 4 is 22.3 Å². The predicted octanol–water partition coefficient (Wildman–Crippen LogP) is 4.86. The summed E-state index contributed by atoms with van der Waals surface area (Å²) in [6, 6.07) is 5.75. The third-order valence-corrected chi connectivity index (χ3v) is 5.21. The van der Waals surface area contributed by atoms with Crippen molar-refractivity contribution in [2.45, 2.75) is 5.75 Å². The number of anilines is 2. The van der Waals surface area contributed by atoms with Crippen molar-refractivity contribution < 1.29 is 22.3 Å². The van der Waals surface area contributed by atoms with Crippen LogP contribution in [0, 0.1) is 34.7 Å². The van der Waals surface area contributed by atoms with E-state index in [4.69, 9.17) is 10.00 Å². The molecular weight excluding hydrogens is 434 g/mol. The van der Waals surface area contributed by atoms with Gasteiger partial charge in [0.15, 0.2) is 17.5 Å². The summed E-state index contributed by atoms with van der Waals surface area (Å²) in [5.74, 6) is -3.53. The average molecular weight is 449 g/mol. The molecule has 0 fully saturated rings. The first-order valence-electron chi connectivity index (χ1n) is 8.66. The van der Waals surface area contributed by atoms with Crippen LogP contribution in [0.25, 0.3) is 11.3 Å². The van der Waals surface area contributed by atoms with Gasteiger partial charge >= 0.3 is 0 Å². The second kappa shape index (κ2) is 9.53. The zero-order valence-electron chi connectivity index (χ0n) is 16.3. The van der Waals surface area contributed by atoms with E-state index < -0.39 is 34.0 Å².